The summed E-state index contributed by atoms with van der Waals surface area (Å²) >= 11 is 1.79. The number of amides is 1. The van der Waals surface area contributed by atoms with Gasteiger partial charge in [-0.05, 0) is 49.1 Å². The van der Waals surface area contributed by atoms with Gasteiger partial charge < -0.3 is 20.4 Å². The third-order valence-corrected chi connectivity index (χ3v) is 5.60. The topological polar surface area (TPSA) is 60.0 Å². The number of nitrogens with zero attached hydrogens (tertiary/aromatic N) is 3. The first-order valence-corrected chi connectivity index (χ1v) is 10.8. The summed E-state index contributed by atoms with van der Waals surface area (Å²) in [6, 6.07) is 12.0. The zero-order valence-corrected chi connectivity index (χ0v) is 17.5. The average molecular weight is 400 g/mol. The zero-order chi connectivity index (χ0) is 19.8. The van der Waals surface area contributed by atoms with Crippen LogP contribution >= 0.6 is 11.3 Å². The first kappa shape index (κ1) is 20.2. The number of aliphatic imine (C=N–C) groups is 1. The van der Waals surface area contributed by atoms with E-state index in [0.29, 0.717) is 18.7 Å². The van der Waals surface area contributed by atoms with E-state index < -0.39 is 0 Å². The number of rotatable bonds is 6. The Kier molecular flexibility index (Phi) is 7.31. The van der Waals surface area contributed by atoms with Gasteiger partial charge in [-0.15, -0.1) is 11.3 Å². The quantitative estimate of drug-likeness (QED) is 0.579. The van der Waals surface area contributed by atoms with Crippen molar-refractivity contribution >= 4 is 28.2 Å². The van der Waals surface area contributed by atoms with Gasteiger partial charge in [0.15, 0.2) is 5.96 Å². The fourth-order valence-electron chi connectivity index (χ4n) is 3.25. The summed E-state index contributed by atoms with van der Waals surface area (Å²) in [4.78, 5) is 21.6. The Bertz CT molecular complexity index is 782. The molecule has 1 aliphatic heterocycles. The molecule has 0 bridgehead atoms. The van der Waals surface area contributed by atoms with Crippen LogP contribution in [0.1, 0.15) is 29.8 Å². The number of nitrogens with one attached hydrogen (secondary N) is 2. The normalized spacial score (nSPS) is 14.9. The lowest BCUT2D eigenvalue weighted by molar-refractivity contribution is 0.0955. The summed E-state index contributed by atoms with van der Waals surface area (Å²) in [6.07, 6.45) is 0. The molecule has 2 heterocycles. The Morgan fingerprint density at radius 3 is 2.54 bits per heavy atom. The molecule has 7 heteroatoms. The monoisotopic (exact) mass is 399 g/mol. The minimum absolute atomic E-state index is 0.0371. The smallest absolute Gasteiger partial charge is 0.251 e. The number of thiophene rings is 1. The van der Waals surface area contributed by atoms with E-state index in [2.05, 4.69) is 44.9 Å². The molecule has 3 rings (SSSR count). The molecule has 0 saturated carbocycles. The molecule has 0 atom stereocenters. The molecule has 2 aromatic rings. The van der Waals surface area contributed by atoms with Crippen molar-refractivity contribution in [1.82, 2.24) is 15.5 Å². The Balaban J connectivity index is 1.63. The number of hydrogen-bond acceptors (Lipinski definition) is 4. The number of anilines is 1. The van der Waals surface area contributed by atoms with Crippen molar-refractivity contribution in [2.45, 2.75) is 20.4 Å². The van der Waals surface area contributed by atoms with E-state index in [1.54, 1.807) is 11.3 Å². The average Bonchev–Trinajstić information content (AvgIpc) is 3.26. The van der Waals surface area contributed by atoms with Crippen molar-refractivity contribution in [1.29, 1.82) is 0 Å². The van der Waals surface area contributed by atoms with E-state index in [9.17, 15) is 4.79 Å². The van der Waals surface area contributed by atoms with Crippen LogP contribution in [0.2, 0.25) is 0 Å². The van der Waals surface area contributed by atoms with Crippen molar-refractivity contribution in [3.63, 3.8) is 0 Å². The summed E-state index contributed by atoms with van der Waals surface area (Å²) in [7, 11) is 0. The van der Waals surface area contributed by atoms with Crippen LogP contribution in [0.15, 0.2) is 46.8 Å². The molecule has 1 aromatic heterocycles. The number of guanidine groups is 1. The van der Waals surface area contributed by atoms with Gasteiger partial charge in [-0.1, -0.05) is 12.1 Å². The van der Waals surface area contributed by atoms with Crippen LogP contribution in [0, 0.1) is 0 Å². The highest BCUT2D eigenvalue weighted by atomic mass is 32.1. The van der Waals surface area contributed by atoms with Crippen molar-refractivity contribution in [3.8, 4) is 0 Å². The second kappa shape index (κ2) is 10.1. The van der Waals surface area contributed by atoms with E-state index in [-0.39, 0.29) is 5.91 Å². The molecule has 0 spiro atoms. The number of benzene rings is 1. The molecule has 150 valence electrons. The predicted molar refractivity (Wildman–Crippen MR) is 117 cm³/mol. The number of carbonyl (C=O) groups is 1. The molecule has 1 amide bonds. The van der Waals surface area contributed by atoms with Gasteiger partial charge in [-0.2, -0.15) is 0 Å². The fraction of sp³-hybridized carbons (Fsp3) is 0.429. The SMILES string of the molecule is CCNC(=O)c1cccc(CN=C(NCC)N2CCN(c3cccs3)CC2)c1. The maximum Gasteiger partial charge on any atom is 0.251 e. The predicted octanol–water partition coefficient (Wildman–Crippen LogP) is 2.79. The summed E-state index contributed by atoms with van der Waals surface area (Å²) in [5.74, 6) is 0.904. The van der Waals surface area contributed by atoms with Crippen LogP contribution in [-0.4, -0.2) is 56.0 Å². The summed E-state index contributed by atoms with van der Waals surface area (Å²) in [6.45, 7) is 9.92. The lowest BCUT2D eigenvalue weighted by atomic mass is 10.1. The van der Waals surface area contributed by atoms with Gasteiger partial charge in [0.25, 0.3) is 5.91 Å². The van der Waals surface area contributed by atoms with Gasteiger partial charge in [-0.25, -0.2) is 4.99 Å². The first-order valence-electron chi connectivity index (χ1n) is 9.90. The zero-order valence-electron chi connectivity index (χ0n) is 16.6. The Morgan fingerprint density at radius 2 is 1.86 bits per heavy atom. The molecule has 0 radical (unpaired) electrons. The fourth-order valence-corrected chi connectivity index (χ4v) is 4.04. The Morgan fingerprint density at radius 1 is 1.07 bits per heavy atom. The van der Waals surface area contributed by atoms with E-state index >= 15 is 0 Å². The van der Waals surface area contributed by atoms with Crippen LogP contribution < -0.4 is 15.5 Å². The van der Waals surface area contributed by atoms with Crippen LogP contribution in [-0.2, 0) is 6.54 Å². The lowest BCUT2D eigenvalue weighted by Crippen LogP contribution is -2.52. The van der Waals surface area contributed by atoms with Crippen molar-refractivity contribution < 1.29 is 4.79 Å². The highest BCUT2D eigenvalue weighted by molar-refractivity contribution is 7.14. The molecule has 0 aliphatic carbocycles. The van der Waals surface area contributed by atoms with E-state index in [4.69, 9.17) is 4.99 Å². The summed E-state index contributed by atoms with van der Waals surface area (Å²) in [5.41, 5.74) is 1.72. The molecule has 1 aliphatic rings. The summed E-state index contributed by atoms with van der Waals surface area (Å²) < 4.78 is 0. The number of piperazine rings is 1. The van der Waals surface area contributed by atoms with Crippen LogP contribution in [0.25, 0.3) is 0 Å². The lowest BCUT2D eigenvalue weighted by Gasteiger charge is -2.37. The van der Waals surface area contributed by atoms with E-state index in [1.165, 1.54) is 5.00 Å². The van der Waals surface area contributed by atoms with E-state index in [1.807, 2.05) is 31.2 Å². The van der Waals surface area contributed by atoms with Gasteiger partial charge in [0.1, 0.15) is 0 Å². The van der Waals surface area contributed by atoms with Gasteiger partial charge >= 0.3 is 0 Å². The van der Waals surface area contributed by atoms with Crippen LogP contribution in [0.3, 0.4) is 0 Å². The number of carbonyl (C=O) groups excluding carboxylic acids is 1. The Labute approximate surface area is 171 Å². The highest BCUT2D eigenvalue weighted by Gasteiger charge is 2.20. The van der Waals surface area contributed by atoms with Crippen molar-refractivity contribution in [3.05, 3.63) is 52.9 Å². The summed E-state index contributed by atoms with van der Waals surface area (Å²) in [5, 5.41) is 9.72. The van der Waals surface area contributed by atoms with Gasteiger partial charge in [0, 0.05) is 44.8 Å². The molecular formula is C21H29N5OS. The van der Waals surface area contributed by atoms with Crippen LogP contribution in [0.5, 0.6) is 0 Å². The largest absolute Gasteiger partial charge is 0.360 e. The molecule has 1 fully saturated rings. The van der Waals surface area contributed by atoms with Gasteiger partial charge in [0.05, 0.1) is 11.5 Å². The standard InChI is InChI=1S/C21H29N5OS/c1-3-22-20(27)18-8-5-7-17(15-18)16-24-21(23-4-2)26-12-10-25(11-13-26)19-9-6-14-28-19/h5-9,14-15H,3-4,10-13,16H2,1-2H3,(H,22,27)(H,23,24). The third-order valence-electron chi connectivity index (χ3n) is 4.67. The minimum Gasteiger partial charge on any atom is -0.360 e. The molecule has 0 unspecified atom stereocenters. The van der Waals surface area contributed by atoms with E-state index in [0.717, 1.165) is 44.2 Å². The molecular weight excluding hydrogens is 370 g/mol. The molecule has 1 aromatic carbocycles. The number of hydrogen-bond donors (Lipinski definition) is 2. The second-order valence-corrected chi connectivity index (χ2v) is 7.58. The highest BCUT2D eigenvalue weighted by Crippen LogP contribution is 2.22. The Hall–Kier alpha value is -2.54. The van der Waals surface area contributed by atoms with Gasteiger partial charge in [-0.3, -0.25) is 4.79 Å². The third kappa shape index (κ3) is 5.25. The van der Waals surface area contributed by atoms with Gasteiger partial charge in [0.2, 0.25) is 0 Å². The van der Waals surface area contributed by atoms with Crippen molar-refractivity contribution in [2.75, 3.05) is 44.2 Å². The first-order chi connectivity index (χ1) is 13.7. The minimum atomic E-state index is -0.0371. The molecule has 1 saturated heterocycles. The van der Waals surface area contributed by atoms with Crippen molar-refractivity contribution in [2.24, 2.45) is 4.99 Å². The second-order valence-electron chi connectivity index (χ2n) is 6.66. The maximum absolute atomic E-state index is 12.0. The molecule has 2 N–H and O–H groups in total. The van der Waals surface area contributed by atoms with Crippen LogP contribution in [0.4, 0.5) is 5.00 Å². The molecule has 28 heavy (non-hydrogen) atoms. The maximum atomic E-state index is 12.0. The molecule has 6 nitrogen and oxygen atoms in total.